The van der Waals surface area contributed by atoms with Crippen LogP contribution in [0, 0.1) is 0 Å². The zero-order chi connectivity index (χ0) is 13.0. The van der Waals surface area contributed by atoms with Crippen LogP contribution in [-0.2, 0) is 6.54 Å². The standard InChI is InChI=1S/C14H15BrN2O/c1-18-14-5-3-2-4-10(14)9-17-13-7-6-11(15)8-12(13)16/h2-8,17H,9,16H2,1H3. The molecule has 0 atom stereocenters. The van der Waals surface area contributed by atoms with Crippen LogP contribution < -0.4 is 15.8 Å². The molecule has 0 aliphatic heterocycles. The highest BCUT2D eigenvalue weighted by Crippen LogP contribution is 2.25. The van der Waals surface area contributed by atoms with Gasteiger partial charge in [-0.05, 0) is 24.3 Å². The van der Waals surface area contributed by atoms with Gasteiger partial charge in [0.05, 0.1) is 18.5 Å². The van der Waals surface area contributed by atoms with Crippen molar-refractivity contribution in [2.45, 2.75) is 6.54 Å². The third kappa shape index (κ3) is 2.96. The molecule has 0 aliphatic carbocycles. The maximum atomic E-state index is 5.93. The molecule has 0 heterocycles. The number of methoxy groups -OCH3 is 1. The van der Waals surface area contributed by atoms with Gasteiger partial charge in [0.1, 0.15) is 5.75 Å². The number of benzene rings is 2. The normalized spacial score (nSPS) is 10.1. The van der Waals surface area contributed by atoms with E-state index in [1.165, 1.54) is 0 Å². The number of rotatable bonds is 4. The van der Waals surface area contributed by atoms with E-state index in [0.29, 0.717) is 6.54 Å². The van der Waals surface area contributed by atoms with Gasteiger partial charge >= 0.3 is 0 Å². The molecule has 0 aliphatic rings. The van der Waals surface area contributed by atoms with Gasteiger partial charge in [0, 0.05) is 16.6 Å². The Bertz CT molecular complexity index is 543. The van der Waals surface area contributed by atoms with E-state index in [4.69, 9.17) is 10.5 Å². The summed E-state index contributed by atoms with van der Waals surface area (Å²) in [7, 11) is 1.67. The lowest BCUT2D eigenvalue weighted by Gasteiger charge is -2.12. The monoisotopic (exact) mass is 306 g/mol. The molecule has 2 aromatic carbocycles. The van der Waals surface area contributed by atoms with Crippen molar-refractivity contribution in [2.75, 3.05) is 18.2 Å². The Morgan fingerprint density at radius 1 is 1.22 bits per heavy atom. The molecule has 0 unspecified atom stereocenters. The van der Waals surface area contributed by atoms with Crippen LogP contribution >= 0.6 is 15.9 Å². The second-order valence-corrected chi connectivity index (χ2v) is 4.81. The summed E-state index contributed by atoms with van der Waals surface area (Å²) in [5, 5.41) is 3.31. The topological polar surface area (TPSA) is 47.3 Å². The molecule has 3 N–H and O–H groups in total. The number of nitrogen functional groups attached to an aromatic ring is 1. The van der Waals surface area contributed by atoms with E-state index in [1.807, 2.05) is 42.5 Å². The average molecular weight is 307 g/mol. The molecule has 2 rings (SSSR count). The summed E-state index contributed by atoms with van der Waals surface area (Å²) in [5.41, 5.74) is 8.67. The van der Waals surface area contributed by atoms with Gasteiger partial charge in [-0.25, -0.2) is 0 Å². The van der Waals surface area contributed by atoms with Gasteiger partial charge in [0.15, 0.2) is 0 Å². The van der Waals surface area contributed by atoms with Crippen LogP contribution in [0.2, 0.25) is 0 Å². The van der Waals surface area contributed by atoms with E-state index in [0.717, 1.165) is 27.2 Å². The molecular formula is C14H15BrN2O. The molecule has 2 aromatic rings. The van der Waals surface area contributed by atoms with E-state index in [2.05, 4.69) is 21.2 Å². The van der Waals surface area contributed by atoms with Crippen LogP contribution in [0.4, 0.5) is 11.4 Å². The highest BCUT2D eigenvalue weighted by atomic mass is 79.9. The van der Waals surface area contributed by atoms with Crippen LogP contribution in [-0.4, -0.2) is 7.11 Å². The molecule has 3 nitrogen and oxygen atoms in total. The Labute approximate surface area is 115 Å². The molecular weight excluding hydrogens is 292 g/mol. The number of para-hydroxylation sites is 1. The van der Waals surface area contributed by atoms with E-state index in [1.54, 1.807) is 7.11 Å². The quantitative estimate of drug-likeness (QED) is 0.848. The maximum Gasteiger partial charge on any atom is 0.123 e. The fourth-order valence-corrected chi connectivity index (χ4v) is 2.11. The predicted molar refractivity (Wildman–Crippen MR) is 78.9 cm³/mol. The summed E-state index contributed by atoms with van der Waals surface area (Å²) in [5.74, 6) is 0.876. The number of anilines is 2. The Kier molecular flexibility index (Phi) is 4.10. The maximum absolute atomic E-state index is 5.93. The fourth-order valence-electron chi connectivity index (χ4n) is 1.73. The molecule has 18 heavy (non-hydrogen) atoms. The molecule has 94 valence electrons. The highest BCUT2D eigenvalue weighted by Gasteiger charge is 2.03. The summed E-state index contributed by atoms with van der Waals surface area (Å²) in [6, 6.07) is 13.7. The third-order valence-corrected chi connectivity index (χ3v) is 3.17. The molecule has 0 saturated heterocycles. The van der Waals surface area contributed by atoms with Crippen molar-refractivity contribution in [3.63, 3.8) is 0 Å². The van der Waals surface area contributed by atoms with Crippen LogP contribution in [0.1, 0.15) is 5.56 Å². The molecule has 0 aromatic heterocycles. The van der Waals surface area contributed by atoms with Crippen molar-refractivity contribution in [3.05, 3.63) is 52.5 Å². The minimum atomic E-state index is 0.676. The number of nitrogens with one attached hydrogen (secondary N) is 1. The van der Waals surface area contributed by atoms with Crippen molar-refractivity contribution in [3.8, 4) is 5.75 Å². The van der Waals surface area contributed by atoms with Gasteiger partial charge < -0.3 is 15.8 Å². The Balaban J connectivity index is 2.11. The van der Waals surface area contributed by atoms with Gasteiger partial charge in [0.25, 0.3) is 0 Å². The van der Waals surface area contributed by atoms with Gasteiger partial charge in [-0.3, -0.25) is 0 Å². The van der Waals surface area contributed by atoms with E-state index >= 15 is 0 Å². The minimum absolute atomic E-state index is 0.676. The number of halogens is 1. The van der Waals surface area contributed by atoms with Gasteiger partial charge in [0.2, 0.25) is 0 Å². The molecule has 0 spiro atoms. The average Bonchev–Trinajstić information content (AvgIpc) is 2.38. The number of hydrogen-bond donors (Lipinski definition) is 2. The van der Waals surface area contributed by atoms with Crippen LogP contribution in [0.25, 0.3) is 0 Å². The van der Waals surface area contributed by atoms with Crippen molar-refractivity contribution in [1.29, 1.82) is 0 Å². The summed E-state index contributed by atoms with van der Waals surface area (Å²) in [4.78, 5) is 0. The van der Waals surface area contributed by atoms with Crippen molar-refractivity contribution in [2.24, 2.45) is 0 Å². The molecule has 0 saturated carbocycles. The van der Waals surface area contributed by atoms with E-state index < -0.39 is 0 Å². The van der Waals surface area contributed by atoms with Gasteiger partial charge in [-0.15, -0.1) is 0 Å². The zero-order valence-corrected chi connectivity index (χ0v) is 11.7. The summed E-state index contributed by atoms with van der Waals surface area (Å²) in [6.45, 7) is 0.676. The first kappa shape index (κ1) is 12.8. The third-order valence-electron chi connectivity index (χ3n) is 2.68. The van der Waals surface area contributed by atoms with E-state index in [9.17, 15) is 0 Å². The second kappa shape index (κ2) is 5.78. The van der Waals surface area contributed by atoms with Crippen LogP contribution in [0.15, 0.2) is 46.9 Å². The van der Waals surface area contributed by atoms with Crippen LogP contribution in [0.3, 0.4) is 0 Å². The number of ether oxygens (including phenoxy) is 1. The lowest BCUT2D eigenvalue weighted by molar-refractivity contribution is 0.410. The lowest BCUT2D eigenvalue weighted by Crippen LogP contribution is -2.03. The minimum Gasteiger partial charge on any atom is -0.496 e. The lowest BCUT2D eigenvalue weighted by atomic mass is 10.2. The zero-order valence-electron chi connectivity index (χ0n) is 10.1. The first-order valence-corrected chi connectivity index (χ1v) is 6.41. The molecule has 0 radical (unpaired) electrons. The van der Waals surface area contributed by atoms with Crippen molar-refractivity contribution in [1.82, 2.24) is 0 Å². The first-order chi connectivity index (χ1) is 8.70. The second-order valence-electron chi connectivity index (χ2n) is 3.90. The number of hydrogen-bond acceptors (Lipinski definition) is 3. The van der Waals surface area contributed by atoms with Crippen LogP contribution in [0.5, 0.6) is 5.75 Å². The smallest absolute Gasteiger partial charge is 0.123 e. The Morgan fingerprint density at radius 2 is 2.00 bits per heavy atom. The SMILES string of the molecule is COc1ccccc1CNc1ccc(Br)cc1N. The molecule has 0 bridgehead atoms. The summed E-state index contributed by atoms with van der Waals surface area (Å²) in [6.07, 6.45) is 0. The molecule has 0 fully saturated rings. The predicted octanol–water partition coefficient (Wildman–Crippen LogP) is 3.65. The number of nitrogens with two attached hydrogens (primary N) is 1. The Morgan fingerprint density at radius 3 is 2.72 bits per heavy atom. The molecule has 4 heteroatoms. The fraction of sp³-hybridized carbons (Fsp3) is 0.143. The van der Waals surface area contributed by atoms with Crippen molar-refractivity contribution < 1.29 is 4.74 Å². The van der Waals surface area contributed by atoms with Gasteiger partial charge in [-0.1, -0.05) is 34.1 Å². The summed E-state index contributed by atoms with van der Waals surface area (Å²) < 4.78 is 6.28. The summed E-state index contributed by atoms with van der Waals surface area (Å²) >= 11 is 3.39. The van der Waals surface area contributed by atoms with Gasteiger partial charge in [-0.2, -0.15) is 0 Å². The molecule has 0 amide bonds. The first-order valence-electron chi connectivity index (χ1n) is 5.61. The largest absolute Gasteiger partial charge is 0.496 e. The van der Waals surface area contributed by atoms with Crippen molar-refractivity contribution >= 4 is 27.3 Å². The van der Waals surface area contributed by atoms with E-state index in [-0.39, 0.29) is 0 Å². The highest BCUT2D eigenvalue weighted by molar-refractivity contribution is 9.10. The Hall–Kier alpha value is -1.68.